The van der Waals surface area contributed by atoms with Gasteiger partial charge < -0.3 is 9.94 Å². The number of anilines is 1. The van der Waals surface area contributed by atoms with E-state index < -0.39 is 10.0 Å². The van der Waals surface area contributed by atoms with Crippen molar-refractivity contribution in [3.63, 3.8) is 0 Å². The van der Waals surface area contributed by atoms with Gasteiger partial charge in [-0.05, 0) is 48.0 Å². The standard InChI is InChI=1S/C24H19BrN2O4S/c25-24-23(12-7-17-26(24)28)27(18-19-8-3-1-4-9-19)32(29,30)22-15-13-21(14-16-22)31-20-10-5-2-6-11-20/h1-17H,18H2. The van der Waals surface area contributed by atoms with Gasteiger partial charge in [-0.2, -0.15) is 4.73 Å². The van der Waals surface area contributed by atoms with Gasteiger partial charge in [0.25, 0.3) is 14.6 Å². The minimum absolute atomic E-state index is 0.0635. The van der Waals surface area contributed by atoms with Crippen molar-refractivity contribution < 1.29 is 17.9 Å². The third-order valence-electron chi connectivity index (χ3n) is 4.71. The van der Waals surface area contributed by atoms with Crippen LogP contribution in [0.4, 0.5) is 5.69 Å². The fourth-order valence-corrected chi connectivity index (χ4v) is 5.17. The zero-order valence-corrected chi connectivity index (χ0v) is 19.2. The molecular formula is C24H19BrN2O4S. The van der Waals surface area contributed by atoms with Crippen LogP contribution >= 0.6 is 15.9 Å². The topological polar surface area (TPSA) is 73.6 Å². The zero-order chi connectivity index (χ0) is 22.6. The molecule has 6 nitrogen and oxygen atoms in total. The minimum Gasteiger partial charge on any atom is -0.618 e. The summed E-state index contributed by atoms with van der Waals surface area (Å²) in [5.74, 6) is 1.17. The number of hydrogen-bond donors (Lipinski definition) is 0. The Kier molecular flexibility index (Phi) is 6.43. The molecule has 0 N–H and O–H groups in total. The van der Waals surface area contributed by atoms with Gasteiger partial charge in [-0.3, -0.25) is 4.31 Å². The molecule has 4 aromatic rings. The Bertz CT molecular complexity index is 1300. The first-order valence-corrected chi connectivity index (χ1v) is 12.0. The van der Waals surface area contributed by atoms with Crippen molar-refractivity contribution in [1.29, 1.82) is 0 Å². The maximum Gasteiger partial charge on any atom is 0.283 e. The highest BCUT2D eigenvalue weighted by Crippen LogP contribution is 2.31. The molecule has 0 aliphatic heterocycles. The van der Waals surface area contributed by atoms with Crippen molar-refractivity contribution in [2.24, 2.45) is 0 Å². The van der Waals surface area contributed by atoms with Crippen molar-refractivity contribution in [3.05, 3.63) is 119 Å². The number of ether oxygens (including phenoxy) is 1. The van der Waals surface area contributed by atoms with Crippen LogP contribution in [0.1, 0.15) is 5.56 Å². The van der Waals surface area contributed by atoms with Gasteiger partial charge in [0.2, 0.25) is 0 Å². The van der Waals surface area contributed by atoms with Gasteiger partial charge in [0.1, 0.15) is 17.2 Å². The molecule has 0 amide bonds. The molecule has 1 aromatic heterocycles. The molecule has 32 heavy (non-hydrogen) atoms. The van der Waals surface area contributed by atoms with Crippen LogP contribution in [0.2, 0.25) is 0 Å². The number of hydrogen-bond acceptors (Lipinski definition) is 4. The monoisotopic (exact) mass is 510 g/mol. The highest BCUT2D eigenvalue weighted by molar-refractivity contribution is 9.10. The lowest BCUT2D eigenvalue weighted by molar-refractivity contribution is -0.616. The molecule has 0 radical (unpaired) electrons. The molecule has 8 heteroatoms. The number of nitrogens with zero attached hydrogens (tertiary/aromatic N) is 2. The van der Waals surface area contributed by atoms with Crippen LogP contribution in [0, 0.1) is 5.21 Å². The van der Waals surface area contributed by atoms with E-state index in [4.69, 9.17) is 4.74 Å². The normalized spacial score (nSPS) is 11.2. The average molecular weight is 511 g/mol. The van der Waals surface area contributed by atoms with Gasteiger partial charge >= 0.3 is 0 Å². The van der Waals surface area contributed by atoms with Gasteiger partial charge in [0, 0.05) is 22.0 Å². The molecule has 0 atom stereocenters. The van der Waals surface area contributed by atoms with Crippen molar-refractivity contribution in [2.45, 2.75) is 11.4 Å². The van der Waals surface area contributed by atoms with Crippen LogP contribution in [0.3, 0.4) is 0 Å². The first kappa shape index (κ1) is 21.9. The summed E-state index contributed by atoms with van der Waals surface area (Å²) in [4.78, 5) is 0.0852. The molecule has 4 rings (SSSR count). The number of pyridine rings is 1. The first-order chi connectivity index (χ1) is 15.4. The molecular weight excluding hydrogens is 492 g/mol. The van der Waals surface area contributed by atoms with Crippen LogP contribution in [-0.2, 0) is 16.6 Å². The van der Waals surface area contributed by atoms with E-state index in [0.29, 0.717) is 16.2 Å². The molecule has 0 unspecified atom stereocenters. The molecule has 0 bridgehead atoms. The Hall–Kier alpha value is -3.36. The molecule has 0 spiro atoms. The largest absolute Gasteiger partial charge is 0.618 e. The fraction of sp³-hybridized carbons (Fsp3) is 0.0417. The highest BCUT2D eigenvalue weighted by Gasteiger charge is 2.29. The highest BCUT2D eigenvalue weighted by atomic mass is 79.9. The van der Waals surface area contributed by atoms with Crippen molar-refractivity contribution in [1.82, 2.24) is 0 Å². The minimum atomic E-state index is -3.99. The van der Waals surface area contributed by atoms with Crippen molar-refractivity contribution in [2.75, 3.05) is 4.31 Å². The summed E-state index contributed by atoms with van der Waals surface area (Å²) in [5.41, 5.74) is 1.03. The second kappa shape index (κ2) is 9.42. The van der Waals surface area contributed by atoms with E-state index in [-0.39, 0.29) is 21.7 Å². The molecule has 0 saturated heterocycles. The van der Waals surface area contributed by atoms with E-state index in [9.17, 15) is 13.6 Å². The summed E-state index contributed by atoms with van der Waals surface area (Å²) in [5, 5.41) is 12.1. The molecule has 1 heterocycles. The summed E-state index contributed by atoms with van der Waals surface area (Å²) in [7, 11) is -3.99. The Morgan fingerprint density at radius 1 is 0.812 bits per heavy atom. The average Bonchev–Trinajstić information content (AvgIpc) is 2.81. The van der Waals surface area contributed by atoms with Gasteiger partial charge in [-0.25, -0.2) is 8.42 Å². The molecule has 0 aliphatic rings. The van der Waals surface area contributed by atoms with Gasteiger partial charge in [-0.15, -0.1) is 0 Å². The van der Waals surface area contributed by atoms with E-state index >= 15 is 0 Å². The van der Waals surface area contributed by atoms with E-state index in [2.05, 4.69) is 15.9 Å². The predicted molar refractivity (Wildman–Crippen MR) is 126 cm³/mol. The summed E-state index contributed by atoms with van der Waals surface area (Å²) >= 11 is 3.23. The predicted octanol–water partition coefficient (Wildman–Crippen LogP) is 5.27. The van der Waals surface area contributed by atoms with Crippen LogP contribution in [0.15, 0.2) is 113 Å². The van der Waals surface area contributed by atoms with E-state index in [1.165, 1.54) is 28.7 Å². The maximum absolute atomic E-state index is 13.6. The number of benzene rings is 3. The third kappa shape index (κ3) is 4.76. The first-order valence-electron chi connectivity index (χ1n) is 9.72. The van der Waals surface area contributed by atoms with Crippen molar-refractivity contribution >= 4 is 31.6 Å². The number of aromatic nitrogens is 1. The van der Waals surface area contributed by atoms with Crippen LogP contribution in [-0.4, -0.2) is 8.42 Å². The number of para-hydroxylation sites is 1. The lowest BCUT2D eigenvalue weighted by Crippen LogP contribution is -2.35. The second-order valence-corrected chi connectivity index (χ2v) is 9.51. The number of sulfonamides is 1. The van der Waals surface area contributed by atoms with E-state index in [1.807, 2.05) is 60.7 Å². The molecule has 162 valence electrons. The Balaban J connectivity index is 1.70. The van der Waals surface area contributed by atoms with Crippen LogP contribution in [0.25, 0.3) is 0 Å². The molecule has 3 aromatic carbocycles. The van der Waals surface area contributed by atoms with Gasteiger partial charge in [0.15, 0.2) is 6.20 Å². The molecule has 0 saturated carbocycles. The van der Waals surface area contributed by atoms with Crippen LogP contribution < -0.4 is 13.8 Å². The lowest BCUT2D eigenvalue weighted by atomic mass is 10.2. The second-order valence-electron chi connectivity index (χ2n) is 6.89. The van der Waals surface area contributed by atoms with Crippen LogP contribution in [0.5, 0.6) is 11.5 Å². The summed E-state index contributed by atoms with van der Waals surface area (Å²) in [6, 6.07) is 27.7. The number of rotatable bonds is 7. The Morgan fingerprint density at radius 2 is 1.41 bits per heavy atom. The number of halogens is 1. The molecule has 0 aliphatic carbocycles. The zero-order valence-electron chi connectivity index (χ0n) is 16.8. The maximum atomic E-state index is 13.6. The Morgan fingerprint density at radius 3 is 2.06 bits per heavy atom. The lowest BCUT2D eigenvalue weighted by Gasteiger charge is -2.24. The van der Waals surface area contributed by atoms with E-state index in [0.717, 1.165) is 5.56 Å². The van der Waals surface area contributed by atoms with E-state index in [1.54, 1.807) is 18.2 Å². The quantitative estimate of drug-likeness (QED) is 0.193. The summed E-state index contributed by atoms with van der Waals surface area (Å²) in [6.45, 7) is 0.0635. The summed E-state index contributed by atoms with van der Waals surface area (Å²) in [6.07, 6.45) is 1.30. The van der Waals surface area contributed by atoms with Crippen molar-refractivity contribution in [3.8, 4) is 11.5 Å². The molecule has 0 fully saturated rings. The van der Waals surface area contributed by atoms with Gasteiger partial charge in [0.05, 0.1) is 11.4 Å². The smallest absolute Gasteiger partial charge is 0.283 e. The SMILES string of the molecule is O=S(=O)(c1ccc(Oc2ccccc2)cc1)N(Cc1ccccc1)c1ccc[n+]([O-])c1Br. The third-order valence-corrected chi connectivity index (χ3v) is 7.24. The fourth-order valence-electron chi connectivity index (χ4n) is 3.13. The van der Waals surface area contributed by atoms with Gasteiger partial charge in [-0.1, -0.05) is 48.5 Å². The summed E-state index contributed by atoms with van der Waals surface area (Å²) < 4.78 is 34.9. The Labute approximate surface area is 195 Å².